The number of morpholine rings is 1. The maximum absolute atomic E-state index is 13.2. The first-order chi connectivity index (χ1) is 19.1. The number of alkyl carbamates (subject to hydrolysis) is 1. The fourth-order valence-electron chi connectivity index (χ4n) is 4.11. The summed E-state index contributed by atoms with van der Waals surface area (Å²) in [5.74, 6) is -0.509. The molecule has 4 N–H and O–H groups in total. The van der Waals surface area contributed by atoms with Crippen molar-refractivity contribution in [2.75, 3.05) is 42.3 Å². The van der Waals surface area contributed by atoms with Gasteiger partial charge in [0.2, 0.25) is 0 Å². The van der Waals surface area contributed by atoms with E-state index in [1.54, 1.807) is 45.3 Å². The van der Waals surface area contributed by atoms with Crippen molar-refractivity contribution in [3.05, 3.63) is 60.2 Å². The van der Waals surface area contributed by atoms with Crippen molar-refractivity contribution in [1.82, 2.24) is 20.3 Å². The number of anilines is 3. The van der Waals surface area contributed by atoms with Gasteiger partial charge in [-0.15, -0.1) is 0 Å². The van der Waals surface area contributed by atoms with Crippen LogP contribution in [0.5, 0.6) is 0 Å². The number of aldehydes is 1. The van der Waals surface area contributed by atoms with Gasteiger partial charge in [0, 0.05) is 24.8 Å². The fourth-order valence-corrected chi connectivity index (χ4v) is 4.11. The molecule has 40 heavy (non-hydrogen) atoms. The zero-order chi connectivity index (χ0) is 28.7. The molecule has 1 atom stereocenters. The Morgan fingerprint density at radius 2 is 1.88 bits per heavy atom. The van der Waals surface area contributed by atoms with E-state index in [0.717, 1.165) is 11.3 Å². The number of amides is 2. The topological polar surface area (TPSA) is 162 Å². The minimum atomic E-state index is -0.748. The highest BCUT2D eigenvalue weighted by Gasteiger charge is 2.21. The molecule has 2 aromatic heterocycles. The van der Waals surface area contributed by atoms with E-state index in [1.165, 1.54) is 6.20 Å². The lowest BCUT2D eigenvalue weighted by Crippen LogP contribution is -2.41. The number of aromatic nitrogens is 3. The molecule has 210 valence electrons. The molecule has 1 unspecified atom stereocenters. The van der Waals surface area contributed by atoms with Gasteiger partial charge >= 0.3 is 6.09 Å². The number of hydrogen-bond acceptors (Lipinski definition) is 10. The highest BCUT2D eigenvalue weighted by molar-refractivity contribution is 6.07. The average molecular weight is 548 g/mol. The Morgan fingerprint density at radius 1 is 1.15 bits per heavy atom. The largest absolute Gasteiger partial charge is 0.444 e. The Hall–Kier alpha value is -4.58. The molecule has 0 bridgehead atoms. The van der Waals surface area contributed by atoms with Crippen LogP contribution in [0.25, 0.3) is 11.3 Å². The zero-order valence-electron chi connectivity index (χ0n) is 22.7. The number of pyridine rings is 1. The second-order valence-electron chi connectivity index (χ2n) is 10.2. The van der Waals surface area contributed by atoms with Crippen LogP contribution in [0.3, 0.4) is 0 Å². The van der Waals surface area contributed by atoms with Crippen molar-refractivity contribution in [1.29, 1.82) is 0 Å². The molecule has 1 aromatic carbocycles. The summed E-state index contributed by atoms with van der Waals surface area (Å²) >= 11 is 0. The lowest BCUT2D eigenvalue weighted by Gasteiger charge is -2.30. The normalized spacial score (nSPS) is 14.2. The smallest absolute Gasteiger partial charge is 0.408 e. The van der Waals surface area contributed by atoms with Crippen LogP contribution in [-0.4, -0.2) is 71.2 Å². The van der Waals surface area contributed by atoms with E-state index in [-0.39, 0.29) is 17.9 Å². The van der Waals surface area contributed by atoms with Crippen molar-refractivity contribution in [2.24, 2.45) is 0 Å². The van der Waals surface area contributed by atoms with Crippen LogP contribution in [0, 0.1) is 0 Å². The maximum Gasteiger partial charge on any atom is 0.408 e. The number of ether oxygens (including phenoxy) is 2. The summed E-state index contributed by atoms with van der Waals surface area (Å²) in [6, 6.07) is 8.30. The van der Waals surface area contributed by atoms with E-state index >= 15 is 0 Å². The minimum Gasteiger partial charge on any atom is -0.444 e. The SMILES string of the molecule is CC(C)(C)OC(=O)NC(C=O)Cc1ccc(-c2cnc(N)c(C(=O)Nc3cnccc3N3CCOCC3)n2)cc1. The van der Waals surface area contributed by atoms with E-state index < -0.39 is 23.6 Å². The van der Waals surface area contributed by atoms with Crippen LogP contribution in [0.2, 0.25) is 0 Å². The van der Waals surface area contributed by atoms with E-state index in [2.05, 4.69) is 30.5 Å². The molecule has 1 saturated heterocycles. The number of nitrogens with zero attached hydrogens (tertiary/aromatic N) is 4. The van der Waals surface area contributed by atoms with E-state index in [9.17, 15) is 14.4 Å². The predicted molar refractivity (Wildman–Crippen MR) is 150 cm³/mol. The van der Waals surface area contributed by atoms with E-state index in [1.807, 2.05) is 18.2 Å². The van der Waals surface area contributed by atoms with Crippen molar-refractivity contribution < 1.29 is 23.9 Å². The van der Waals surface area contributed by atoms with Crippen LogP contribution in [0.4, 0.5) is 22.0 Å². The average Bonchev–Trinajstić information content (AvgIpc) is 2.93. The van der Waals surface area contributed by atoms with E-state index in [4.69, 9.17) is 15.2 Å². The van der Waals surface area contributed by atoms with Gasteiger partial charge in [-0.3, -0.25) is 9.78 Å². The Bertz CT molecular complexity index is 1350. The summed E-state index contributed by atoms with van der Waals surface area (Å²) in [7, 11) is 0. The van der Waals surface area contributed by atoms with Crippen molar-refractivity contribution in [2.45, 2.75) is 38.8 Å². The van der Waals surface area contributed by atoms with Gasteiger partial charge in [0.25, 0.3) is 5.91 Å². The van der Waals surface area contributed by atoms with Gasteiger partial charge < -0.3 is 35.5 Å². The highest BCUT2D eigenvalue weighted by atomic mass is 16.6. The molecule has 0 aliphatic carbocycles. The lowest BCUT2D eigenvalue weighted by molar-refractivity contribution is -0.109. The Labute approximate surface area is 232 Å². The molecule has 1 fully saturated rings. The molecule has 1 aliphatic rings. The number of nitrogens with one attached hydrogen (secondary N) is 2. The summed E-state index contributed by atoms with van der Waals surface area (Å²) in [6.07, 6.45) is 5.03. The number of carbonyl (C=O) groups is 3. The molecule has 0 spiro atoms. The molecule has 1 aliphatic heterocycles. The summed E-state index contributed by atoms with van der Waals surface area (Å²) in [5.41, 5.74) is 8.67. The Kier molecular flexibility index (Phi) is 8.90. The zero-order valence-corrected chi connectivity index (χ0v) is 22.7. The van der Waals surface area contributed by atoms with Gasteiger partial charge in [0.05, 0.1) is 48.7 Å². The van der Waals surface area contributed by atoms with Crippen LogP contribution in [0.1, 0.15) is 36.8 Å². The molecule has 3 aromatic rings. The summed E-state index contributed by atoms with van der Waals surface area (Å²) in [6.45, 7) is 7.85. The molecule has 4 rings (SSSR count). The molecule has 3 heterocycles. The Balaban J connectivity index is 1.46. The maximum atomic E-state index is 13.2. The quantitative estimate of drug-likeness (QED) is 0.358. The first-order valence-corrected chi connectivity index (χ1v) is 12.9. The number of nitrogens with two attached hydrogens (primary N) is 1. The number of carbonyl (C=O) groups excluding carboxylic acids is 3. The third-order valence-corrected chi connectivity index (χ3v) is 5.99. The minimum absolute atomic E-state index is 0.00303. The standard InChI is InChI=1S/C28H33N7O5/c1-28(2,3)40-27(38)32-20(17-36)14-18-4-6-19(7-5-18)21-16-31-25(29)24(33-21)26(37)34-22-15-30-9-8-23(22)35-10-12-39-13-11-35/h4-9,15-17,20H,10-14H2,1-3H3,(H2,29,31)(H,32,38)(H,34,37). The first-order valence-electron chi connectivity index (χ1n) is 12.9. The van der Waals surface area contributed by atoms with Gasteiger partial charge in [-0.2, -0.15) is 0 Å². The van der Waals surface area contributed by atoms with Crippen molar-refractivity contribution in [3.63, 3.8) is 0 Å². The number of benzene rings is 1. The summed E-state index contributed by atoms with van der Waals surface area (Å²) < 4.78 is 10.7. The molecular formula is C28H33N7O5. The monoisotopic (exact) mass is 547 g/mol. The fraction of sp³-hybridized carbons (Fsp3) is 0.357. The number of nitrogen functional groups attached to an aromatic ring is 1. The van der Waals surface area contributed by atoms with Gasteiger partial charge in [0.1, 0.15) is 11.9 Å². The second kappa shape index (κ2) is 12.5. The lowest BCUT2D eigenvalue weighted by atomic mass is 10.0. The van der Waals surface area contributed by atoms with Crippen molar-refractivity contribution in [3.8, 4) is 11.3 Å². The van der Waals surface area contributed by atoms with Crippen LogP contribution >= 0.6 is 0 Å². The molecule has 0 radical (unpaired) electrons. The number of rotatable bonds is 8. The number of hydrogen-bond donors (Lipinski definition) is 3. The van der Waals surface area contributed by atoms with Crippen LogP contribution in [0.15, 0.2) is 48.9 Å². The van der Waals surface area contributed by atoms with Gasteiger partial charge in [0.15, 0.2) is 11.5 Å². The van der Waals surface area contributed by atoms with Crippen LogP contribution in [-0.2, 0) is 20.7 Å². The van der Waals surface area contributed by atoms with Gasteiger partial charge in [-0.05, 0) is 38.8 Å². The molecule has 0 saturated carbocycles. The summed E-state index contributed by atoms with van der Waals surface area (Å²) in [5, 5.41) is 5.43. The molecular weight excluding hydrogens is 514 g/mol. The highest BCUT2D eigenvalue weighted by Crippen LogP contribution is 2.27. The molecule has 12 heteroatoms. The molecule has 2 amide bonds. The Morgan fingerprint density at radius 3 is 2.55 bits per heavy atom. The molecule has 12 nitrogen and oxygen atoms in total. The summed E-state index contributed by atoms with van der Waals surface area (Å²) in [4.78, 5) is 51.7. The first kappa shape index (κ1) is 28.4. The predicted octanol–water partition coefficient (Wildman–Crippen LogP) is 2.84. The van der Waals surface area contributed by atoms with Gasteiger partial charge in [-0.25, -0.2) is 14.8 Å². The second-order valence-corrected chi connectivity index (χ2v) is 10.2. The van der Waals surface area contributed by atoms with Crippen molar-refractivity contribution >= 4 is 35.5 Å². The third kappa shape index (κ3) is 7.50. The van der Waals surface area contributed by atoms with E-state index in [0.29, 0.717) is 49.5 Å². The third-order valence-electron chi connectivity index (χ3n) is 5.99. The van der Waals surface area contributed by atoms with Crippen LogP contribution < -0.4 is 21.3 Å². The van der Waals surface area contributed by atoms with Gasteiger partial charge in [-0.1, -0.05) is 24.3 Å².